The number of carbonyl (C=O) groups is 2. The van der Waals surface area contributed by atoms with Gasteiger partial charge in [-0.3, -0.25) is 9.59 Å². The van der Waals surface area contributed by atoms with Crippen LogP contribution in [0.1, 0.15) is 12.1 Å². The first kappa shape index (κ1) is 15.5. The highest BCUT2D eigenvalue weighted by molar-refractivity contribution is 7.13. The number of hydrogen-bond donors (Lipinski definition) is 1. The minimum atomic E-state index is -0.500. The van der Waals surface area contributed by atoms with Gasteiger partial charge in [0.2, 0.25) is 5.91 Å². The van der Waals surface area contributed by atoms with E-state index in [2.05, 4.69) is 4.98 Å². The van der Waals surface area contributed by atoms with Gasteiger partial charge in [0, 0.05) is 16.0 Å². The van der Waals surface area contributed by atoms with Gasteiger partial charge in [0.05, 0.1) is 18.5 Å². The third-order valence-electron chi connectivity index (χ3n) is 2.56. The lowest BCUT2D eigenvalue weighted by Gasteiger charge is -2.01. The predicted molar refractivity (Wildman–Crippen MR) is 81.0 cm³/mol. The fourth-order valence-corrected chi connectivity index (χ4v) is 2.61. The van der Waals surface area contributed by atoms with Crippen molar-refractivity contribution in [1.82, 2.24) is 4.98 Å². The van der Waals surface area contributed by atoms with Crippen molar-refractivity contribution in [3.05, 3.63) is 40.4 Å². The number of amides is 1. The predicted octanol–water partition coefficient (Wildman–Crippen LogP) is 2.42. The van der Waals surface area contributed by atoms with E-state index in [0.717, 1.165) is 10.6 Å². The maximum Gasteiger partial charge on any atom is 0.311 e. The van der Waals surface area contributed by atoms with Crippen LogP contribution in [-0.2, 0) is 20.7 Å². The van der Waals surface area contributed by atoms with Crippen molar-refractivity contribution in [3.8, 4) is 10.6 Å². The van der Waals surface area contributed by atoms with Crippen molar-refractivity contribution >= 4 is 34.8 Å². The van der Waals surface area contributed by atoms with E-state index < -0.39 is 11.9 Å². The van der Waals surface area contributed by atoms with Crippen molar-refractivity contribution < 1.29 is 14.3 Å². The van der Waals surface area contributed by atoms with E-state index in [4.69, 9.17) is 22.1 Å². The van der Waals surface area contributed by atoms with Crippen molar-refractivity contribution in [2.45, 2.75) is 12.8 Å². The van der Waals surface area contributed by atoms with Gasteiger partial charge in [-0.2, -0.15) is 0 Å². The summed E-state index contributed by atoms with van der Waals surface area (Å²) in [5.74, 6) is -0.932. The molecule has 0 fully saturated rings. The number of halogens is 1. The number of carbonyl (C=O) groups excluding carboxylic acids is 2. The highest BCUT2D eigenvalue weighted by Crippen LogP contribution is 2.26. The molecule has 1 aromatic carbocycles. The van der Waals surface area contributed by atoms with Crippen LogP contribution in [-0.4, -0.2) is 23.5 Å². The Morgan fingerprint density at radius 3 is 2.90 bits per heavy atom. The first-order valence-corrected chi connectivity index (χ1v) is 7.44. The summed E-state index contributed by atoms with van der Waals surface area (Å²) in [5, 5.41) is 3.22. The highest BCUT2D eigenvalue weighted by atomic mass is 35.5. The lowest BCUT2D eigenvalue weighted by molar-refractivity contribution is -0.143. The van der Waals surface area contributed by atoms with Crippen LogP contribution in [0.3, 0.4) is 0 Å². The Morgan fingerprint density at radius 1 is 1.38 bits per heavy atom. The van der Waals surface area contributed by atoms with E-state index in [0.29, 0.717) is 10.7 Å². The molecule has 1 amide bonds. The summed E-state index contributed by atoms with van der Waals surface area (Å²) < 4.78 is 4.89. The molecule has 5 nitrogen and oxygen atoms in total. The molecule has 21 heavy (non-hydrogen) atoms. The van der Waals surface area contributed by atoms with Crippen molar-refractivity contribution in [1.29, 1.82) is 0 Å². The number of esters is 1. The van der Waals surface area contributed by atoms with Crippen LogP contribution in [0.5, 0.6) is 0 Å². The second-order valence-corrected chi connectivity index (χ2v) is 5.56. The highest BCUT2D eigenvalue weighted by Gasteiger charge is 2.10. The van der Waals surface area contributed by atoms with Crippen molar-refractivity contribution in [2.75, 3.05) is 6.61 Å². The molecule has 7 heteroatoms. The van der Waals surface area contributed by atoms with Crippen LogP contribution in [0.4, 0.5) is 0 Å². The van der Waals surface area contributed by atoms with Gasteiger partial charge >= 0.3 is 5.97 Å². The average Bonchev–Trinajstić information content (AvgIpc) is 2.86. The number of hydrogen-bond acceptors (Lipinski definition) is 5. The third-order valence-corrected chi connectivity index (χ3v) is 3.74. The molecule has 1 heterocycles. The molecule has 0 unspecified atom stereocenters. The Balaban J connectivity index is 1.94. The topological polar surface area (TPSA) is 82.3 Å². The molecular weight excluding hydrogens is 312 g/mol. The van der Waals surface area contributed by atoms with Crippen LogP contribution < -0.4 is 5.73 Å². The van der Waals surface area contributed by atoms with Crippen LogP contribution in [0, 0.1) is 0 Å². The summed E-state index contributed by atoms with van der Waals surface area (Å²) in [5.41, 5.74) is 6.49. The maximum atomic E-state index is 11.6. The standard InChI is InChI=1S/C14H13ClN2O3S/c15-10-3-1-2-9(6-10)14-17-11(8-21-14)7-13(19)20-5-4-12(16)18/h1-3,6,8H,4-5,7H2,(H2,16,18). The lowest BCUT2D eigenvalue weighted by atomic mass is 10.2. The van der Waals surface area contributed by atoms with E-state index in [1.165, 1.54) is 11.3 Å². The SMILES string of the molecule is NC(=O)CCOC(=O)Cc1csc(-c2cccc(Cl)c2)n1. The van der Waals surface area contributed by atoms with Crippen LogP contribution in [0.15, 0.2) is 29.6 Å². The number of ether oxygens (including phenoxy) is 1. The molecule has 0 spiro atoms. The molecule has 0 aliphatic rings. The summed E-state index contributed by atoms with van der Waals surface area (Å²) in [7, 11) is 0. The van der Waals surface area contributed by atoms with Gasteiger partial charge in [-0.15, -0.1) is 11.3 Å². The largest absolute Gasteiger partial charge is 0.465 e. The van der Waals surface area contributed by atoms with Gasteiger partial charge < -0.3 is 10.5 Å². The van der Waals surface area contributed by atoms with E-state index in [-0.39, 0.29) is 19.4 Å². The second-order valence-electron chi connectivity index (χ2n) is 4.27. The molecule has 2 aromatic rings. The van der Waals surface area contributed by atoms with Gasteiger partial charge in [-0.1, -0.05) is 23.7 Å². The number of primary amides is 1. The first-order chi connectivity index (χ1) is 10.0. The Morgan fingerprint density at radius 2 is 2.19 bits per heavy atom. The molecule has 0 radical (unpaired) electrons. The van der Waals surface area contributed by atoms with E-state index in [1.807, 2.05) is 18.2 Å². The Hall–Kier alpha value is -1.92. The summed E-state index contributed by atoms with van der Waals surface area (Å²) in [4.78, 5) is 26.5. The van der Waals surface area contributed by atoms with Crippen LogP contribution >= 0.6 is 22.9 Å². The van der Waals surface area contributed by atoms with Crippen LogP contribution in [0.2, 0.25) is 5.02 Å². The summed E-state index contributed by atoms with van der Waals surface area (Å²) in [6.07, 6.45) is 0.0897. The molecule has 0 atom stereocenters. The zero-order valence-electron chi connectivity index (χ0n) is 11.0. The molecule has 0 bridgehead atoms. The zero-order chi connectivity index (χ0) is 15.2. The summed E-state index contributed by atoms with van der Waals surface area (Å²) in [6.45, 7) is -0.000542. The normalized spacial score (nSPS) is 10.3. The first-order valence-electron chi connectivity index (χ1n) is 6.19. The van der Waals surface area contributed by atoms with Crippen molar-refractivity contribution in [3.63, 3.8) is 0 Å². The summed E-state index contributed by atoms with van der Waals surface area (Å²) in [6, 6.07) is 7.35. The lowest BCUT2D eigenvalue weighted by Crippen LogP contribution is -2.16. The number of nitrogens with zero attached hydrogens (tertiary/aromatic N) is 1. The molecule has 0 aliphatic heterocycles. The van der Waals surface area contributed by atoms with Gasteiger partial charge in [0.15, 0.2) is 0 Å². The minimum absolute atomic E-state index is 0.000542. The number of aromatic nitrogens is 1. The second kappa shape index (κ2) is 7.19. The van der Waals surface area contributed by atoms with Crippen LogP contribution in [0.25, 0.3) is 10.6 Å². The smallest absolute Gasteiger partial charge is 0.311 e. The molecule has 2 N–H and O–H groups in total. The monoisotopic (exact) mass is 324 g/mol. The Kier molecular flexibility index (Phi) is 5.30. The number of nitrogens with two attached hydrogens (primary N) is 1. The Labute approximate surface area is 130 Å². The van der Waals surface area contributed by atoms with E-state index in [9.17, 15) is 9.59 Å². The van der Waals surface area contributed by atoms with Gasteiger partial charge in [0.1, 0.15) is 11.6 Å². The molecule has 0 saturated heterocycles. The molecule has 1 aromatic heterocycles. The van der Waals surface area contributed by atoms with Gasteiger partial charge in [-0.25, -0.2) is 4.98 Å². The molecule has 110 valence electrons. The van der Waals surface area contributed by atoms with Crippen molar-refractivity contribution in [2.24, 2.45) is 5.73 Å². The quantitative estimate of drug-likeness (QED) is 0.827. The Bertz CT molecular complexity index is 657. The maximum absolute atomic E-state index is 11.6. The molecule has 0 aliphatic carbocycles. The summed E-state index contributed by atoms with van der Waals surface area (Å²) >= 11 is 7.36. The number of rotatable bonds is 6. The molecule has 0 saturated carbocycles. The van der Waals surface area contributed by atoms with Gasteiger partial charge in [-0.05, 0) is 12.1 Å². The van der Waals surface area contributed by atoms with E-state index >= 15 is 0 Å². The number of benzene rings is 1. The zero-order valence-corrected chi connectivity index (χ0v) is 12.6. The fourth-order valence-electron chi connectivity index (χ4n) is 1.61. The molecular formula is C14H13ClN2O3S. The fraction of sp³-hybridized carbons (Fsp3) is 0.214. The van der Waals surface area contributed by atoms with Gasteiger partial charge in [0.25, 0.3) is 0 Å². The molecule has 2 rings (SSSR count). The average molecular weight is 325 g/mol. The minimum Gasteiger partial charge on any atom is -0.465 e. The third kappa shape index (κ3) is 4.84. The van der Waals surface area contributed by atoms with E-state index in [1.54, 1.807) is 11.4 Å². The number of thiazole rings is 1.